The number of likely N-dealkylation sites (N-methyl/N-ethyl adjacent to an activating group) is 1. The lowest BCUT2D eigenvalue weighted by Gasteiger charge is -2.16. The van der Waals surface area contributed by atoms with Gasteiger partial charge in [-0.2, -0.15) is 0 Å². The Labute approximate surface area is 142 Å². The first-order chi connectivity index (χ1) is 10.1. The molecule has 0 radical (unpaired) electrons. The van der Waals surface area contributed by atoms with Crippen molar-refractivity contribution < 1.29 is 4.39 Å². The summed E-state index contributed by atoms with van der Waals surface area (Å²) in [5.74, 6) is 0.556. The van der Waals surface area contributed by atoms with Crippen LogP contribution < -0.4 is 5.32 Å². The molecule has 112 valence electrons. The zero-order valence-corrected chi connectivity index (χ0v) is 14.7. The van der Waals surface area contributed by atoms with Gasteiger partial charge in [-0.1, -0.05) is 39.7 Å². The van der Waals surface area contributed by atoms with E-state index in [1.54, 1.807) is 17.8 Å². The van der Waals surface area contributed by atoms with E-state index in [1.807, 2.05) is 25.2 Å². The molecule has 0 amide bonds. The molecule has 2 aromatic rings. The smallest absolute Gasteiger partial charge is 0.142 e. The number of hydrogen-bond acceptors (Lipinski definition) is 2. The lowest BCUT2D eigenvalue weighted by Crippen LogP contribution is -2.30. The highest BCUT2D eigenvalue weighted by Crippen LogP contribution is 2.23. The van der Waals surface area contributed by atoms with E-state index < -0.39 is 0 Å². The van der Waals surface area contributed by atoms with Crippen LogP contribution in [-0.4, -0.2) is 18.8 Å². The van der Waals surface area contributed by atoms with Gasteiger partial charge in [0, 0.05) is 21.2 Å². The van der Waals surface area contributed by atoms with Crippen molar-refractivity contribution >= 4 is 39.3 Å². The number of nitrogens with one attached hydrogen (secondary N) is 1. The van der Waals surface area contributed by atoms with Crippen LogP contribution in [0, 0.1) is 5.82 Å². The Kier molecular flexibility index (Phi) is 6.55. The van der Waals surface area contributed by atoms with E-state index in [0.29, 0.717) is 0 Å². The van der Waals surface area contributed by atoms with Gasteiger partial charge < -0.3 is 5.32 Å². The first kappa shape index (κ1) is 16.8. The molecule has 2 rings (SSSR count). The van der Waals surface area contributed by atoms with Crippen LogP contribution in [0.15, 0.2) is 51.8 Å². The number of thioether (sulfide) groups is 1. The lowest BCUT2D eigenvalue weighted by molar-refractivity contribution is 0.603. The minimum Gasteiger partial charge on any atom is -0.316 e. The molecule has 1 nitrogen and oxygen atoms in total. The number of rotatable bonds is 6. The molecule has 0 aliphatic rings. The predicted molar refractivity (Wildman–Crippen MR) is 92.8 cm³/mol. The van der Waals surface area contributed by atoms with Gasteiger partial charge in [0.05, 0.1) is 5.02 Å². The van der Waals surface area contributed by atoms with Gasteiger partial charge in [-0.25, -0.2) is 4.39 Å². The number of halogens is 3. The molecule has 0 aliphatic heterocycles. The average molecular weight is 389 g/mol. The summed E-state index contributed by atoms with van der Waals surface area (Å²) in [4.78, 5) is 1.21. The van der Waals surface area contributed by atoms with Crippen molar-refractivity contribution in [2.75, 3.05) is 12.8 Å². The summed E-state index contributed by atoms with van der Waals surface area (Å²) in [6, 6.07) is 13.5. The molecule has 1 N–H and O–H groups in total. The highest BCUT2D eigenvalue weighted by Gasteiger charge is 2.10. The summed E-state index contributed by atoms with van der Waals surface area (Å²) < 4.78 is 14.5. The summed E-state index contributed by atoms with van der Waals surface area (Å²) in [6.45, 7) is 0. The maximum atomic E-state index is 13.5. The van der Waals surface area contributed by atoms with Crippen molar-refractivity contribution in [2.24, 2.45) is 0 Å². The summed E-state index contributed by atoms with van der Waals surface area (Å²) in [5.41, 5.74) is 0.950. The second-order valence-corrected chi connectivity index (χ2v) is 7.12. The van der Waals surface area contributed by atoms with Crippen molar-refractivity contribution in [3.05, 3.63) is 63.3 Å². The van der Waals surface area contributed by atoms with E-state index in [2.05, 4.69) is 33.4 Å². The third-order valence-corrected chi connectivity index (χ3v) is 5.08. The third kappa shape index (κ3) is 5.29. The van der Waals surface area contributed by atoms with Crippen LogP contribution in [0.5, 0.6) is 0 Å². The van der Waals surface area contributed by atoms with Gasteiger partial charge in [-0.05, 0) is 49.4 Å². The van der Waals surface area contributed by atoms with Gasteiger partial charge in [0.1, 0.15) is 5.82 Å². The topological polar surface area (TPSA) is 12.0 Å². The molecule has 21 heavy (non-hydrogen) atoms. The fourth-order valence-corrected chi connectivity index (χ4v) is 3.68. The lowest BCUT2D eigenvalue weighted by atomic mass is 10.1. The van der Waals surface area contributed by atoms with Gasteiger partial charge in [-0.15, -0.1) is 11.8 Å². The van der Waals surface area contributed by atoms with Crippen molar-refractivity contribution in [3.8, 4) is 0 Å². The molecular weight excluding hydrogens is 373 g/mol. The minimum atomic E-state index is -0.358. The Morgan fingerprint density at radius 1 is 1.29 bits per heavy atom. The maximum absolute atomic E-state index is 13.5. The molecule has 0 spiro atoms. The second-order valence-electron chi connectivity index (χ2n) is 4.71. The first-order valence-electron chi connectivity index (χ1n) is 6.58. The van der Waals surface area contributed by atoms with Gasteiger partial charge in [0.2, 0.25) is 0 Å². The minimum absolute atomic E-state index is 0.170. The Morgan fingerprint density at radius 3 is 2.76 bits per heavy atom. The summed E-state index contributed by atoms with van der Waals surface area (Å²) >= 11 is 11.0. The second kappa shape index (κ2) is 8.18. The molecule has 1 unspecified atom stereocenters. The van der Waals surface area contributed by atoms with Gasteiger partial charge in [-0.3, -0.25) is 0 Å². The molecule has 0 aliphatic carbocycles. The van der Waals surface area contributed by atoms with E-state index in [1.165, 1.54) is 11.0 Å². The first-order valence-corrected chi connectivity index (χ1v) is 8.73. The largest absolute Gasteiger partial charge is 0.316 e. The molecule has 5 heteroatoms. The molecule has 0 saturated carbocycles. The van der Waals surface area contributed by atoms with Crippen LogP contribution >= 0.6 is 39.3 Å². The van der Waals surface area contributed by atoms with E-state index in [4.69, 9.17) is 11.6 Å². The quantitative estimate of drug-likeness (QED) is 0.686. The molecule has 0 bridgehead atoms. The summed E-state index contributed by atoms with van der Waals surface area (Å²) in [5, 5.41) is 3.45. The average Bonchev–Trinajstić information content (AvgIpc) is 2.47. The van der Waals surface area contributed by atoms with Crippen LogP contribution in [0.3, 0.4) is 0 Å². The number of hydrogen-bond donors (Lipinski definition) is 1. The fourth-order valence-electron chi connectivity index (χ4n) is 1.95. The molecule has 0 aromatic heterocycles. The highest BCUT2D eigenvalue weighted by molar-refractivity contribution is 9.10. The molecule has 0 fully saturated rings. The van der Waals surface area contributed by atoms with Crippen molar-refractivity contribution in [1.29, 1.82) is 0 Å². The fraction of sp³-hybridized carbons (Fsp3) is 0.250. The van der Waals surface area contributed by atoms with Gasteiger partial charge in [0.25, 0.3) is 0 Å². The zero-order valence-electron chi connectivity index (χ0n) is 11.6. The van der Waals surface area contributed by atoms with Gasteiger partial charge >= 0.3 is 0 Å². The maximum Gasteiger partial charge on any atom is 0.142 e. The van der Waals surface area contributed by atoms with E-state index in [-0.39, 0.29) is 16.9 Å². The van der Waals surface area contributed by atoms with Crippen molar-refractivity contribution in [1.82, 2.24) is 5.32 Å². The Hall–Kier alpha value is -0.550. The van der Waals surface area contributed by atoms with E-state index in [0.717, 1.165) is 22.2 Å². The Balaban J connectivity index is 1.95. The molecule has 1 atom stereocenters. The Bertz CT molecular complexity index is 609. The molecule has 0 heterocycles. The summed E-state index contributed by atoms with van der Waals surface area (Å²) in [7, 11) is 1.93. The normalized spacial score (nSPS) is 12.4. The molecular formula is C16H16BrClFNS. The zero-order chi connectivity index (χ0) is 15.2. The Morgan fingerprint density at radius 2 is 2.10 bits per heavy atom. The highest BCUT2D eigenvalue weighted by atomic mass is 79.9. The third-order valence-electron chi connectivity index (χ3n) is 3.12. The van der Waals surface area contributed by atoms with Crippen LogP contribution in [0.2, 0.25) is 5.02 Å². The summed E-state index contributed by atoms with van der Waals surface area (Å²) in [6.07, 6.45) is 0.769. The van der Waals surface area contributed by atoms with Crippen LogP contribution in [-0.2, 0) is 6.42 Å². The monoisotopic (exact) mass is 387 g/mol. The standard InChI is InChI=1S/C16H16BrClFNS/c1-20-13(7-11-5-6-15(18)16(19)8-11)10-21-14-4-2-3-12(17)9-14/h2-6,8-9,13,20H,7,10H2,1H3. The predicted octanol–water partition coefficient (Wildman–Crippen LogP) is 5.16. The van der Waals surface area contributed by atoms with Crippen molar-refractivity contribution in [3.63, 3.8) is 0 Å². The molecule has 0 saturated heterocycles. The van der Waals surface area contributed by atoms with Crippen LogP contribution in [0.25, 0.3) is 0 Å². The SMILES string of the molecule is CNC(CSc1cccc(Br)c1)Cc1ccc(Cl)c(F)c1. The van der Waals surface area contributed by atoms with Gasteiger partial charge in [0.15, 0.2) is 0 Å². The molecule has 2 aromatic carbocycles. The van der Waals surface area contributed by atoms with Crippen molar-refractivity contribution in [2.45, 2.75) is 17.4 Å². The number of benzene rings is 2. The van der Waals surface area contributed by atoms with E-state index >= 15 is 0 Å². The van der Waals surface area contributed by atoms with Crippen LogP contribution in [0.1, 0.15) is 5.56 Å². The van der Waals surface area contributed by atoms with E-state index in [9.17, 15) is 4.39 Å². The van der Waals surface area contributed by atoms with Crippen LogP contribution in [0.4, 0.5) is 4.39 Å².